The second-order valence-electron chi connectivity index (χ2n) is 6.47. The largest absolute Gasteiger partial charge is 0.375 e. The van der Waals surface area contributed by atoms with Crippen molar-refractivity contribution in [1.29, 1.82) is 0 Å². The lowest BCUT2D eigenvalue weighted by atomic mass is 9.84. The molecule has 0 amide bonds. The molecule has 2 aromatic carbocycles. The molecule has 4 rings (SSSR count). The molecule has 0 N–H and O–H groups in total. The molecule has 108 valence electrons. The normalized spacial score (nSPS) is 28.0. The van der Waals surface area contributed by atoms with Gasteiger partial charge in [0, 0.05) is 11.5 Å². The molecule has 21 heavy (non-hydrogen) atoms. The first-order valence-electron chi connectivity index (χ1n) is 7.90. The van der Waals surface area contributed by atoms with Gasteiger partial charge in [-0.1, -0.05) is 36.4 Å². The molecule has 2 heterocycles. The fourth-order valence-electron chi connectivity index (χ4n) is 3.98. The van der Waals surface area contributed by atoms with Gasteiger partial charge in [0.1, 0.15) is 0 Å². The Hall–Kier alpha value is -1.67. The molecule has 0 aliphatic carbocycles. The number of fused-ring (bicyclic) bond motifs is 3. The summed E-state index contributed by atoms with van der Waals surface area (Å²) in [4.78, 5) is 13.1. The molecule has 2 aliphatic rings. The van der Waals surface area contributed by atoms with Gasteiger partial charge in [0.2, 0.25) is 0 Å². The van der Waals surface area contributed by atoms with E-state index in [4.69, 9.17) is 4.74 Å². The van der Waals surface area contributed by atoms with Crippen molar-refractivity contribution in [2.45, 2.75) is 44.8 Å². The molecule has 2 bridgehead atoms. The molecule has 2 aliphatic heterocycles. The van der Waals surface area contributed by atoms with E-state index in [0.29, 0.717) is 18.0 Å². The van der Waals surface area contributed by atoms with E-state index in [2.05, 4.69) is 24.3 Å². The molecule has 0 saturated carbocycles. The number of hydrogen-bond donors (Lipinski definition) is 0. The third-order valence-electron chi connectivity index (χ3n) is 5.04. The first kappa shape index (κ1) is 13.0. The smallest absolute Gasteiger partial charge is 0.167 e. The minimum absolute atomic E-state index is 0.140. The third kappa shape index (κ3) is 2.18. The maximum Gasteiger partial charge on any atom is 0.167 e. The van der Waals surface area contributed by atoms with Crippen LogP contribution in [0.1, 0.15) is 41.6 Å². The van der Waals surface area contributed by atoms with Crippen LogP contribution in [-0.4, -0.2) is 18.0 Å². The van der Waals surface area contributed by atoms with E-state index in [-0.39, 0.29) is 5.92 Å². The molecule has 2 unspecified atom stereocenters. The predicted molar refractivity (Wildman–Crippen MR) is 83.6 cm³/mol. The third-order valence-corrected chi connectivity index (χ3v) is 5.04. The van der Waals surface area contributed by atoms with Crippen LogP contribution in [0, 0.1) is 12.8 Å². The van der Waals surface area contributed by atoms with Gasteiger partial charge in [-0.3, -0.25) is 4.79 Å². The monoisotopic (exact) mass is 280 g/mol. The SMILES string of the molecule is Cc1ccc2ccccc2c1C(=O)C1CC2CCC(C1)O2. The Bertz CT molecular complexity index is 692. The molecule has 2 saturated heterocycles. The Morgan fingerprint density at radius 3 is 2.52 bits per heavy atom. The molecule has 2 fully saturated rings. The zero-order chi connectivity index (χ0) is 14.4. The lowest BCUT2D eigenvalue weighted by Crippen LogP contribution is -2.30. The van der Waals surface area contributed by atoms with Crippen LogP contribution in [0.2, 0.25) is 0 Å². The summed E-state index contributed by atoms with van der Waals surface area (Å²) in [5.74, 6) is 0.463. The number of Topliss-reactive ketones (excluding diaryl/α,β-unsaturated/α-hetero) is 1. The summed E-state index contributed by atoms with van der Waals surface area (Å²) in [5, 5.41) is 2.25. The summed E-state index contributed by atoms with van der Waals surface area (Å²) in [5.41, 5.74) is 2.02. The quantitative estimate of drug-likeness (QED) is 0.767. The summed E-state index contributed by atoms with van der Waals surface area (Å²) in [6, 6.07) is 12.4. The molecule has 2 aromatic rings. The van der Waals surface area contributed by atoms with E-state index in [1.165, 1.54) is 0 Å². The van der Waals surface area contributed by atoms with Crippen LogP contribution in [0.5, 0.6) is 0 Å². The predicted octanol–water partition coefficient (Wildman–Crippen LogP) is 4.29. The first-order valence-corrected chi connectivity index (χ1v) is 7.90. The van der Waals surface area contributed by atoms with Crippen molar-refractivity contribution in [1.82, 2.24) is 0 Å². The van der Waals surface area contributed by atoms with Crippen LogP contribution in [0.15, 0.2) is 36.4 Å². The van der Waals surface area contributed by atoms with Crippen molar-refractivity contribution in [2.24, 2.45) is 5.92 Å². The maximum atomic E-state index is 13.1. The molecule has 2 heteroatoms. The highest BCUT2D eigenvalue weighted by Gasteiger charge is 2.38. The molecule has 0 radical (unpaired) electrons. The number of aryl methyl sites for hydroxylation is 1. The van der Waals surface area contributed by atoms with Gasteiger partial charge in [0.25, 0.3) is 0 Å². The number of carbonyl (C=O) groups excluding carboxylic acids is 1. The van der Waals surface area contributed by atoms with Gasteiger partial charge in [-0.15, -0.1) is 0 Å². The molecule has 2 nitrogen and oxygen atoms in total. The van der Waals surface area contributed by atoms with E-state index >= 15 is 0 Å². The minimum atomic E-state index is 0.140. The summed E-state index contributed by atoms with van der Waals surface area (Å²) in [6.07, 6.45) is 4.68. The summed E-state index contributed by atoms with van der Waals surface area (Å²) >= 11 is 0. The average Bonchev–Trinajstić information content (AvgIpc) is 2.85. The Labute approximate surface area is 125 Å². The molecule has 2 atom stereocenters. The van der Waals surface area contributed by atoms with Crippen LogP contribution < -0.4 is 0 Å². The minimum Gasteiger partial charge on any atom is -0.375 e. The molecule has 0 spiro atoms. The molecular weight excluding hydrogens is 260 g/mol. The number of ketones is 1. The number of hydrogen-bond acceptors (Lipinski definition) is 2. The Kier molecular flexibility index (Phi) is 3.07. The maximum absolute atomic E-state index is 13.1. The van der Waals surface area contributed by atoms with Crippen LogP contribution in [-0.2, 0) is 4.74 Å². The summed E-state index contributed by atoms with van der Waals surface area (Å²) in [6.45, 7) is 2.05. The van der Waals surface area contributed by atoms with Gasteiger partial charge in [0.15, 0.2) is 5.78 Å². The highest BCUT2D eigenvalue weighted by atomic mass is 16.5. The standard InChI is InChI=1S/C19H20O2/c1-12-6-7-13-4-2-3-5-17(13)18(12)19(20)14-10-15-8-9-16(11-14)21-15/h2-7,14-16H,8-11H2,1H3. The highest BCUT2D eigenvalue weighted by Crippen LogP contribution is 2.38. The van der Waals surface area contributed by atoms with Crippen LogP contribution in [0.3, 0.4) is 0 Å². The Morgan fingerprint density at radius 2 is 1.76 bits per heavy atom. The van der Waals surface area contributed by atoms with Gasteiger partial charge >= 0.3 is 0 Å². The zero-order valence-corrected chi connectivity index (χ0v) is 12.3. The van der Waals surface area contributed by atoms with Gasteiger partial charge in [-0.25, -0.2) is 0 Å². The van der Waals surface area contributed by atoms with E-state index in [1.54, 1.807) is 0 Å². The number of rotatable bonds is 2. The molecular formula is C19H20O2. The van der Waals surface area contributed by atoms with Crippen molar-refractivity contribution in [3.8, 4) is 0 Å². The Morgan fingerprint density at radius 1 is 1.05 bits per heavy atom. The van der Waals surface area contributed by atoms with Gasteiger partial charge in [-0.2, -0.15) is 0 Å². The van der Waals surface area contributed by atoms with Gasteiger partial charge in [0.05, 0.1) is 12.2 Å². The lowest BCUT2D eigenvalue weighted by molar-refractivity contribution is -0.0148. The van der Waals surface area contributed by atoms with E-state index in [1.807, 2.05) is 19.1 Å². The second kappa shape index (κ2) is 4.96. The van der Waals surface area contributed by atoms with Crippen LogP contribution in [0.25, 0.3) is 10.8 Å². The van der Waals surface area contributed by atoms with E-state index < -0.39 is 0 Å². The fourth-order valence-corrected chi connectivity index (χ4v) is 3.98. The van der Waals surface area contributed by atoms with Crippen molar-refractivity contribution in [3.63, 3.8) is 0 Å². The molecule has 0 aromatic heterocycles. The fraction of sp³-hybridized carbons (Fsp3) is 0.421. The van der Waals surface area contributed by atoms with Gasteiger partial charge < -0.3 is 4.74 Å². The van der Waals surface area contributed by atoms with E-state index in [0.717, 1.165) is 47.6 Å². The lowest BCUT2D eigenvalue weighted by Gasteiger charge is -2.28. The van der Waals surface area contributed by atoms with Crippen LogP contribution in [0.4, 0.5) is 0 Å². The van der Waals surface area contributed by atoms with Crippen molar-refractivity contribution in [3.05, 3.63) is 47.5 Å². The highest BCUT2D eigenvalue weighted by molar-refractivity contribution is 6.10. The Balaban J connectivity index is 1.75. The average molecular weight is 280 g/mol. The summed E-state index contributed by atoms with van der Waals surface area (Å²) < 4.78 is 5.88. The number of benzene rings is 2. The van der Waals surface area contributed by atoms with E-state index in [9.17, 15) is 4.79 Å². The zero-order valence-electron chi connectivity index (χ0n) is 12.3. The van der Waals surface area contributed by atoms with Crippen molar-refractivity contribution in [2.75, 3.05) is 0 Å². The number of carbonyl (C=O) groups is 1. The van der Waals surface area contributed by atoms with Crippen molar-refractivity contribution < 1.29 is 9.53 Å². The van der Waals surface area contributed by atoms with Crippen LogP contribution >= 0.6 is 0 Å². The number of ether oxygens (including phenoxy) is 1. The summed E-state index contributed by atoms with van der Waals surface area (Å²) in [7, 11) is 0. The second-order valence-corrected chi connectivity index (χ2v) is 6.47. The van der Waals surface area contributed by atoms with Crippen molar-refractivity contribution >= 4 is 16.6 Å². The topological polar surface area (TPSA) is 26.3 Å². The van der Waals surface area contributed by atoms with Gasteiger partial charge in [-0.05, 0) is 48.9 Å². The first-order chi connectivity index (χ1) is 10.2.